The minimum absolute atomic E-state index is 0.326. The lowest BCUT2D eigenvalue weighted by Crippen LogP contribution is -2.21. The predicted molar refractivity (Wildman–Crippen MR) is 81.5 cm³/mol. The maximum Gasteiger partial charge on any atom is 0.342 e. The number of amides is 1. The van der Waals surface area contributed by atoms with Crippen molar-refractivity contribution in [3.05, 3.63) is 51.5 Å². The summed E-state index contributed by atoms with van der Waals surface area (Å²) >= 11 is 2.17. The molecule has 6 heteroatoms. The largest absolute Gasteiger partial charge is 0.469 e. The highest BCUT2D eigenvalue weighted by Crippen LogP contribution is 2.12. The average molecular weight is 385 g/mol. The van der Waals surface area contributed by atoms with Crippen LogP contribution in [0.4, 0.5) is 5.69 Å². The van der Waals surface area contributed by atoms with Crippen LogP contribution < -0.4 is 5.32 Å². The molecule has 1 amide bonds. The van der Waals surface area contributed by atoms with Crippen LogP contribution in [0.1, 0.15) is 16.1 Å². The van der Waals surface area contributed by atoms with Crippen molar-refractivity contribution in [2.45, 2.75) is 6.92 Å². The number of rotatable bonds is 4. The van der Waals surface area contributed by atoms with Crippen LogP contribution in [0, 0.1) is 10.5 Å². The third kappa shape index (κ3) is 3.83. The number of anilines is 1. The Labute approximate surface area is 129 Å². The zero-order valence-electron chi connectivity index (χ0n) is 10.7. The van der Waals surface area contributed by atoms with Crippen LogP contribution >= 0.6 is 22.6 Å². The Hall–Kier alpha value is -1.83. The second-order valence-corrected chi connectivity index (χ2v) is 5.27. The van der Waals surface area contributed by atoms with Gasteiger partial charge in [0, 0.05) is 9.26 Å². The zero-order valence-corrected chi connectivity index (χ0v) is 12.8. The van der Waals surface area contributed by atoms with E-state index < -0.39 is 5.97 Å². The van der Waals surface area contributed by atoms with Gasteiger partial charge in [-0.15, -0.1) is 0 Å². The number of ether oxygens (including phenoxy) is 1. The molecule has 0 saturated heterocycles. The second kappa shape index (κ2) is 6.56. The quantitative estimate of drug-likeness (QED) is 0.649. The Bertz CT molecular complexity index is 618. The molecule has 0 aliphatic rings. The monoisotopic (exact) mass is 385 g/mol. The second-order valence-electron chi connectivity index (χ2n) is 4.02. The molecule has 0 aliphatic carbocycles. The number of aryl methyl sites for hydroxylation is 1. The first-order valence-electron chi connectivity index (χ1n) is 5.83. The summed E-state index contributed by atoms with van der Waals surface area (Å²) in [7, 11) is 0. The standard InChI is InChI=1S/C14H12INO4/c1-9-12(6-7-19-9)14(18)20-8-13(17)16-11-4-2-10(15)3-5-11/h2-7H,8H2,1H3,(H,16,17). The molecule has 0 unspecified atom stereocenters. The van der Waals surface area contributed by atoms with Crippen LogP contribution in [-0.2, 0) is 9.53 Å². The van der Waals surface area contributed by atoms with E-state index in [0.29, 0.717) is 17.0 Å². The lowest BCUT2D eigenvalue weighted by molar-refractivity contribution is -0.119. The van der Waals surface area contributed by atoms with E-state index in [-0.39, 0.29) is 12.5 Å². The molecule has 104 valence electrons. The molecular formula is C14H12INO4. The van der Waals surface area contributed by atoms with Crippen LogP contribution in [0.25, 0.3) is 0 Å². The average Bonchev–Trinajstić information content (AvgIpc) is 2.85. The smallest absolute Gasteiger partial charge is 0.342 e. The lowest BCUT2D eigenvalue weighted by Gasteiger charge is -2.06. The van der Waals surface area contributed by atoms with Crippen LogP contribution in [0.5, 0.6) is 0 Å². The van der Waals surface area contributed by atoms with E-state index >= 15 is 0 Å². The third-order valence-corrected chi connectivity index (χ3v) is 3.26. The maximum absolute atomic E-state index is 11.7. The first-order chi connectivity index (χ1) is 9.56. The van der Waals surface area contributed by atoms with Gasteiger partial charge in [0.15, 0.2) is 6.61 Å². The van der Waals surface area contributed by atoms with E-state index in [1.807, 2.05) is 12.1 Å². The van der Waals surface area contributed by atoms with Gasteiger partial charge in [0.25, 0.3) is 5.91 Å². The fourth-order valence-electron chi connectivity index (χ4n) is 1.54. The van der Waals surface area contributed by atoms with Crippen molar-refractivity contribution in [3.63, 3.8) is 0 Å². The highest BCUT2D eigenvalue weighted by Gasteiger charge is 2.14. The van der Waals surface area contributed by atoms with Gasteiger partial charge >= 0.3 is 5.97 Å². The minimum Gasteiger partial charge on any atom is -0.469 e. The lowest BCUT2D eigenvalue weighted by atomic mass is 10.3. The SMILES string of the molecule is Cc1occc1C(=O)OCC(=O)Nc1ccc(I)cc1. The predicted octanol–water partition coefficient (Wildman–Crippen LogP) is 2.99. The molecule has 1 N–H and O–H groups in total. The molecule has 1 heterocycles. The number of carbonyl (C=O) groups is 2. The molecule has 0 aliphatic heterocycles. The summed E-state index contributed by atoms with van der Waals surface area (Å²) < 4.78 is 11.0. The molecule has 0 fully saturated rings. The number of benzene rings is 1. The molecule has 2 rings (SSSR count). The van der Waals surface area contributed by atoms with E-state index in [9.17, 15) is 9.59 Å². The molecule has 0 atom stereocenters. The number of esters is 1. The Morgan fingerprint density at radius 3 is 2.55 bits per heavy atom. The maximum atomic E-state index is 11.7. The number of carbonyl (C=O) groups excluding carboxylic acids is 2. The summed E-state index contributed by atoms with van der Waals surface area (Å²) in [4.78, 5) is 23.3. The zero-order chi connectivity index (χ0) is 14.5. The number of halogens is 1. The van der Waals surface area contributed by atoms with E-state index in [1.165, 1.54) is 12.3 Å². The van der Waals surface area contributed by atoms with E-state index in [1.54, 1.807) is 19.1 Å². The van der Waals surface area contributed by atoms with Crippen molar-refractivity contribution < 1.29 is 18.7 Å². The number of hydrogen-bond acceptors (Lipinski definition) is 4. The molecule has 0 spiro atoms. The highest BCUT2D eigenvalue weighted by atomic mass is 127. The van der Waals surface area contributed by atoms with Crippen molar-refractivity contribution in [2.24, 2.45) is 0 Å². The van der Waals surface area contributed by atoms with Gasteiger partial charge in [-0.05, 0) is 59.8 Å². The Kier molecular flexibility index (Phi) is 4.78. The van der Waals surface area contributed by atoms with Crippen molar-refractivity contribution in [3.8, 4) is 0 Å². The number of furan rings is 1. The molecule has 0 bridgehead atoms. The fraction of sp³-hybridized carbons (Fsp3) is 0.143. The first kappa shape index (κ1) is 14.6. The van der Waals surface area contributed by atoms with Gasteiger partial charge in [0.2, 0.25) is 0 Å². The van der Waals surface area contributed by atoms with Gasteiger partial charge in [-0.25, -0.2) is 4.79 Å². The van der Waals surface area contributed by atoms with Gasteiger partial charge in [0.1, 0.15) is 11.3 Å². The summed E-state index contributed by atoms with van der Waals surface area (Å²) in [6.07, 6.45) is 1.40. The summed E-state index contributed by atoms with van der Waals surface area (Å²) in [5, 5.41) is 2.64. The van der Waals surface area contributed by atoms with Crippen LogP contribution in [0.3, 0.4) is 0 Å². The van der Waals surface area contributed by atoms with E-state index in [4.69, 9.17) is 9.15 Å². The molecule has 1 aromatic carbocycles. The first-order valence-corrected chi connectivity index (χ1v) is 6.91. The molecule has 5 nitrogen and oxygen atoms in total. The van der Waals surface area contributed by atoms with Gasteiger partial charge in [-0.3, -0.25) is 4.79 Å². The number of hydrogen-bond donors (Lipinski definition) is 1. The fourth-order valence-corrected chi connectivity index (χ4v) is 1.90. The van der Waals surface area contributed by atoms with E-state index in [0.717, 1.165) is 3.57 Å². The molecule has 2 aromatic rings. The van der Waals surface area contributed by atoms with Crippen molar-refractivity contribution in [1.29, 1.82) is 0 Å². The van der Waals surface area contributed by atoms with Gasteiger partial charge in [0.05, 0.1) is 6.26 Å². The number of nitrogens with one attached hydrogen (secondary N) is 1. The minimum atomic E-state index is -0.575. The van der Waals surface area contributed by atoms with Crippen molar-refractivity contribution >= 4 is 40.2 Å². The molecule has 1 aromatic heterocycles. The summed E-state index contributed by atoms with van der Waals surface area (Å²) in [6.45, 7) is 1.32. The van der Waals surface area contributed by atoms with Crippen LogP contribution in [0.2, 0.25) is 0 Å². The summed E-state index contributed by atoms with van der Waals surface area (Å²) in [6, 6.07) is 8.81. The molecule has 20 heavy (non-hydrogen) atoms. The van der Waals surface area contributed by atoms with Gasteiger partial charge < -0.3 is 14.5 Å². The molecule has 0 radical (unpaired) electrons. The summed E-state index contributed by atoms with van der Waals surface area (Å²) in [5.74, 6) is -0.497. The van der Waals surface area contributed by atoms with E-state index in [2.05, 4.69) is 27.9 Å². The van der Waals surface area contributed by atoms with Crippen LogP contribution in [-0.4, -0.2) is 18.5 Å². The molecular weight excluding hydrogens is 373 g/mol. The van der Waals surface area contributed by atoms with Gasteiger partial charge in [-0.1, -0.05) is 0 Å². The summed E-state index contributed by atoms with van der Waals surface area (Å²) in [5.41, 5.74) is 0.984. The Balaban J connectivity index is 1.85. The normalized spacial score (nSPS) is 10.1. The highest BCUT2D eigenvalue weighted by molar-refractivity contribution is 14.1. The Morgan fingerprint density at radius 2 is 1.95 bits per heavy atom. The Morgan fingerprint density at radius 1 is 1.25 bits per heavy atom. The van der Waals surface area contributed by atoms with Gasteiger partial charge in [-0.2, -0.15) is 0 Å². The molecule has 0 saturated carbocycles. The van der Waals surface area contributed by atoms with Crippen molar-refractivity contribution in [1.82, 2.24) is 0 Å². The van der Waals surface area contributed by atoms with Crippen LogP contribution in [0.15, 0.2) is 41.0 Å². The van der Waals surface area contributed by atoms with Crippen molar-refractivity contribution in [2.75, 3.05) is 11.9 Å². The topological polar surface area (TPSA) is 68.5 Å². The third-order valence-electron chi connectivity index (χ3n) is 2.54.